The summed E-state index contributed by atoms with van der Waals surface area (Å²) in [6.07, 6.45) is 6.79. The number of ether oxygens (including phenoxy) is 1. The highest BCUT2D eigenvalue weighted by Gasteiger charge is 2.52. The standard InChI is InChI=1S/C32H57N3O7/c1-18-9-7-12-26(19(18)2)33-31(38)29-28(20(3)37)27(17-36)42-35(29)16-21-10-8-11-25(30(21)41-6)22-13-23(32(39)40)15-24(14-22)34(4)5/h18-30,36-37H,7-17H2,1-6H3,(H,33,38)(H,39,40)/t18-,19-,20-,21?,22?,23?,24?,25?,26-,27-,28-,29-,30?/m0/s1. The van der Waals surface area contributed by atoms with Crippen molar-refractivity contribution in [1.82, 2.24) is 15.3 Å². The van der Waals surface area contributed by atoms with E-state index in [2.05, 4.69) is 24.1 Å². The molecule has 42 heavy (non-hydrogen) atoms. The van der Waals surface area contributed by atoms with Crippen LogP contribution < -0.4 is 5.32 Å². The van der Waals surface area contributed by atoms with Crippen molar-refractivity contribution in [3.8, 4) is 0 Å². The molecule has 6 unspecified atom stereocenters. The van der Waals surface area contributed by atoms with Crippen molar-refractivity contribution in [2.24, 2.45) is 41.4 Å². The molecule has 0 aromatic carbocycles. The molecule has 10 nitrogen and oxygen atoms in total. The summed E-state index contributed by atoms with van der Waals surface area (Å²) in [6.45, 7) is 6.29. The zero-order chi connectivity index (χ0) is 30.7. The first-order valence-electron chi connectivity index (χ1n) is 16.4. The summed E-state index contributed by atoms with van der Waals surface area (Å²) in [6, 6.07) is -0.414. The van der Waals surface area contributed by atoms with Crippen molar-refractivity contribution in [2.75, 3.05) is 34.4 Å². The number of amides is 1. The number of carbonyl (C=O) groups excluding carboxylic acids is 1. The molecular weight excluding hydrogens is 538 g/mol. The third-order valence-electron chi connectivity index (χ3n) is 11.5. The Morgan fingerprint density at radius 3 is 2.43 bits per heavy atom. The van der Waals surface area contributed by atoms with E-state index in [-0.39, 0.29) is 54.4 Å². The lowest BCUT2D eigenvalue weighted by Gasteiger charge is -2.46. The number of carboxylic acid groups (broad SMARTS) is 1. The van der Waals surface area contributed by atoms with Gasteiger partial charge in [-0.1, -0.05) is 33.1 Å². The highest BCUT2D eigenvalue weighted by Crippen LogP contribution is 2.45. The molecule has 13 atom stereocenters. The van der Waals surface area contributed by atoms with Crippen molar-refractivity contribution in [1.29, 1.82) is 0 Å². The number of hydrogen-bond donors (Lipinski definition) is 4. The Morgan fingerprint density at radius 2 is 1.81 bits per heavy atom. The normalized spacial score (nSPS) is 42.4. The first-order valence-corrected chi connectivity index (χ1v) is 16.4. The van der Waals surface area contributed by atoms with Crippen LogP contribution in [0.15, 0.2) is 0 Å². The highest BCUT2D eigenvalue weighted by atomic mass is 16.7. The zero-order valence-corrected chi connectivity index (χ0v) is 26.7. The molecule has 4 N–H and O–H groups in total. The number of nitrogens with zero attached hydrogens (tertiary/aromatic N) is 2. The van der Waals surface area contributed by atoms with Gasteiger partial charge >= 0.3 is 5.97 Å². The predicted octanol–water partition coefficient (Wildman–Crippen LogP) is 2.76. The zero-order valence-electron chi connectivity index (χ0n) is 26.7. The second kappa shape index (κ2) is 14.7. The van der Waals surface area contributed by atoms with Crippen LogP contribution in [0.25, 0.3) is 0 Å². The van der Waals surface area contributed by atoms with Crippen molar-refractivity contribution >= 4 is 11.9 Å². The Bertz CT molecular complexity index is 903. The summed E-state index contributed by atoms with van der Waals surface area (Å²) >= 11 is 0. The third-order valence-corrected chi connectivity index (χ3v) is 11.5. The molecule has 1 amide bonds. The van der Waals surface area contributed by atoms with Crippen molar-refractivity contribution in [3.63, 3.8) is 0 Å². The van der Waals surface area contributed by atoms with Gasteiger partial charge in [-0.2, -0.15) is 5.06 Å². The molecule has 1 heterocycles. The van der Waals surface area contributed by atoms with E-state index < -0.39 is 30.1 Å². The van der Waals surface area contributed by atoms with Crippen LogP contribution in [0.5, 0.6) is 0 Å². The number of carbonyl (C=O) groups is 2. The van der Waals surface area contributed by atoms with Crippen molar-refractivity contribution in [2.45, 2.75) is 115 Å². The van der Waals surface area contributed by atoms with Gasteiger partial charge in [-0.25, -0.2) is 0 Å². The number of methoxy groups -OCH3 is 1. The molecule has 4 rings (SSSR count). The largest absolute Gasteiger partial charge is 0.481 e. The molecule has 1 saturated heterocycles. The summed E-state index contributed by atoms with van der Waals surface area (Å²) in [5.41, 5.74) is 0. The van der Waals surface area contributed by atoms with Gasteiger partial charge < -0.3 is 30.3 Å². The number of aliphatic hydroxyl groups excluding tert-OH is 2. The van der Waals surface area contributed by atoms with Gasteiger partial charge in [0.15, 0.2) is 0 Å². The van der Waals surface area contributed by atoms with Gasteiger partial charge in [-0.15, -0.1) is 0 Å². The molecule has 0 aromatic heterocycles. The monoisotopic (exact) mass is 595 g/mol. The Balaban J connectivity index is 1.53. The van der Waals surface area contributed by atoms with Crippen LogP contribution in [-0.2, 0) is 19.2 Å². The Morgan fingerprint density at radius 1 is 1.10 bits per heavy atom. The number of hydroxylamine groups is 2. The second-order valence-corrected chi connectivity index (χ2v) is 14.2. The Hall–Kier alpha value is -1.30. The fourth-order valence-corrected chi connectivity index (χ4v) is 8.85. The predicted molar refractivity (Wildman–Crippen MR) is 159 cm³/mol. The molecule has 3 aliphatic carbocycles. The van der Waals surface area contributed by atoms with Crippen LogP contribution in [-0.4, -0.2) is 108 Å². The van der Waals surface area contributed by atoms with Gasteiger partial charge in [0.1, 0.15) is 12.1 Å². The molecular formula is C32H57N3O7. The van der Waals surface area contributed by atoms with E-state index in [9.17, 15) is 24.9 Å². The molecule has 4 fully saturated rings. The maximum atomic E-state index is 13.9. The van der Waals surface area contributed by atoms with Gasteiger partial charge in [-0.3, -0.25) is 14.4 Å². The van der Waals surface area contributed by atoms with Crippen LogP contribution in [0, 0.1) is 41.4 Å². The average Bonchev–Trinajstić information content (AvgIpc) is 3.33. The fraction of sp³-hybridized carbons (Fsp3) is 0.938. The van der Waals surface area contributed by atoms with E-state index in [1.165, 1.54) is 6.42 Å². The Kier molecular flexibility index (Phi) is 11.7. The molecule has 0 aromatic rings. The minimum atomic E-state index is -0.832. The lowest BCUT2D eigenvalue weighted by Crippen LogP contribution is -2.55. The van der Waals surface area contributed by atoms with Gasteiger partial charge in [0.2, 0.25) is 5.91 Å². The van der Waals surface area contributed by atoms with Crippen LogP contribution in [0.2, 0.25) is 0 Å². The maximum absolute atomic E-state index is 13.9. The number of aliphatic carboxylic acids is 1. The first-order chi connectivity index (χ1) is 20.0. The van der Waals surface area contributed by atoms with Crippen LogP contribution in [0.3, 0.4) is 0 Å². The lowest BCUT2D eigenvalue weighted by molar-refractivity contribution is -0.192. The number of rotatable bonds is 10. The smallest absolute Gasteiger partial charge is 0.306 e. The topological polar surface area (TPSA) is 132 Å². The minimum absolute atomic E-state index is 0.0766. The average molecular weight is 596 g/mol. The van der Waals surface area contributed by atoms with Gasteiger partial charge in [0.25, 0.3) is 0 Å². The number of aliphatic hydroxyl groups is 2. The SMILES string of the molecule is COC1C(CN2O[C@@H](CO)[C@H]([C@H](C)O)[C@H]2C(=O)N[C@H]2CCC[C@H](C)[C@@H]2C)CCCC1C1CC(C(=O)O)CC(N(C)C)C1. The maximum Gasteiger partial charge on any atom is 0.306 e. The first kappa shape index (κ1) is 33.6. The number of hydrogen-bond acceptors (Lipinski definition) is 8. The number of nitrogens with one attached hydrogen (secondary N) is 1. The molecule has 0 spiro atoms. The van der Waals surface area contributed by atoms with Gasteiger partial charge in [-0.05, 0) is 83.2 Å². The molecule has 3 saturated carbocycles. The highest BCUT2D eigenvalue weighted by molar-refractivity contribution is 5.82. The van der Waals surface area contributed by atoms with Crippen LogP contribution in [0.4, 0.5) is 0 Å². The summed E-state index contributed by atoms with van der Waals surface area (Å²) < 4.78 is 6.20. The van der Waals surface area contributed by atoms with Crippen molar-refractivity contribution in [3.05, 3.63) is 0 Å². The van der Waals surface area contributed by atoms with Crippen LogP contribution >= 0.6 is 0 Å². The van der Waals surface area contributed by atoms with Crippen molar-refractivity contribution < 1.29 is 34.5 Å². The molecule has 4 aliphatic rings. The van der Waals surface area contributed by atoms with Gasteiger partial charge in [0, 0.05) is 37.6 Å². The van der Waals surface area contributed by atoms with E-state index in [1.807, 2.05) is 14.1 Å². The summed E-state index contributed by atoms with van der Waals surface area (Å²) in [5.74, 6) is -0.330. The second-order valence-electron chi connectivity index (χ2n) is 14.2. The molecule has 1 aliphatic heterocycles. The molecule has 242 valence electrons. The van der Waals surface area contributed by atoms with Crippen LogP contribution in [0.1, 0.15) is 78.6 Å². The molecule has 0 bridgehead atoms. The summed E-state index contributed by atoms with van der Waals surface area (Å²) in [5, 5.41) is 35.9. The lowest BCUT2D eigenvalue weighted by atomic mass is 9.65. The van der Waals surface area contributed by atoms with Gasteiger partial charge in [0.05, 0.1) is 24.7 Å². The van der Waals surface area contributed by atoms with E-state index >= 15 is 0 Å². The van der Waals surface area contributed by atoms with E-state index in [4.69, 9.17) is 9.57 Å². The van der Waals surface area contributed by atoms with E-state index in [0.29, 0.717) is 31.2 Å². The van der Waals surface area contributed by atoms with E-state index in [0.717, 1.165) is 38.5 Å². The third kappa shape index (κ3) is 7.32. The minimum Gasteiger partial charge on any atom is -0.481 e. The molecule has 0 radical (unpaired) electrons. The number of carboxylic acids is 1. The fourth-order valence-electron chi connectivity index (χ4n) is 8.85. The summed E-state index contributed by atoms with van der Waals surface area (Å²) in [4.78, 5) is 34.4. The Labute approximate surface area is 252 Å². The molecule has 10 heteroatoms. The summed E-state index contributed by atoms with van der Waals surface area (Å²) in [7, 11) is 5.81. The quantitative estimate of drug-likeness (QED) is 0.301. The van der Waals surface area contributed by atoms with E-state index in [1.54, 1.807) is 19.1 Å².